The van der Waals surface area contributed by atoms with Gasteiger partial charge in [0.15, 0.2) is 0 Å². The molecule has 1 amide bonds. The maximum absolute atomic E-state index is 12.2. The van der Waals surface area contributed by atoms with Crippen LogP contribution in [-0.4, -0.2) is 12.5 Å². The average Bonchev–Trinajstić information content (AvgIpc) is 2.67. The van der Waals surface area contributed by atoms with Crippen LogP contribution in [0.1, 0.15) is 33.8 Å². The molecule has 1 N–H and O–H groups in total. The summed E-state index contributed by atoms with van der Waals surface area (Å²) >= 11 is 0. The zero-order chi connectivity index (χ0) is 16.6. The zero-order valence-electron chi connectivity index (χ0n) is 13.6. The molecule has 0 radical (unpaired) electrons. The number of rotatable bonds is 6. The first-order chi connectivity index (χ1) is 11.8. The molecule has 24 heavy (non-hydrogen) atoms. The summed E-state index contributed by atoms with van der Waals surface area (Å²) in [4.78, 5) is 12.2. The maximum Gasteiger partial charge on any atom is 0.251 e. The van der Waals surface area contributed by atoms with Crippen LogP contribution in [-0.2, 0) is 0 Å². The highest BCUT2D eigenvalue weighted by atomic mass is 16.1. The van der Waals surface area contributed by atoms with E-state index in [1.807, 2.05) is 42.5 Å². The highest BCUT2D eigenvalue weighted by molar-refractivity contribution is 5.94. The van der Waals surface area contributed by atoms with E-state index in [1.165, 1.54) is 11.1 Å². The lowest BCUT2D eigenvalue weighted by atomic mass is 9.88. The van der Waals surface area contributed by atoms with Crippen LogP contribution in [0.25, 0.3) is 0 Å². The Labute approximate surface area is 143 Å². The van der Waals surface area contributed by atoms with Gasteiger partial charge in [-0.2, -0.15) is 0 Å². The number of hydrogen-bond donors (Lipinski definition) is 1. The highest BCUT2D eigenvalue weighted by Crippen LogP contribution is 2.27. The van der Waals surface area contributed by atoms with E-state index in [4.69, 9.17) is 0 Å². The van der Waals surface area contributed by atoms with E-state index in [0.717, 1.165) is 6.42 Å². The van der Waals surface area contributed by atoms with Gasteiger partial charge in [0.05, 0.1) is 0 Å². The number of amides is 1. The molecule has 2 heteroatoms. The molecule has 0 fully saturated rings. The van der Waals surface area contributed by atoms with E-state index in [2.05, 4.69) is 53.8 Å². The summed E-state index contributed by atoms with van der Waals surface area (Å²) in [6.45, 7) is 0.641. The number of carbonyl (C=O) groups is 1. The van der Waals surface area contributed by atoms with Crippen molar-refractivity contribution in [2.75, 3.05) is 6.54 Å². The Hall–Kier alpha value is -2.87. The Balaban J connectivity index is 1.68. The van der Waals surface area contributed by atoms with E-state index in [9.17, 15) is 4.79 Å². The fourth-order valence-corrected chi connectivity index (χ4v) is 2.92. The molecule has 120 valence electrons. The number of benzene rings is 3. The van der Waals surface area contributed by atoms with Crippen LogP contribution in [0, 0.1) is 0 Å². The van der Waals surface area contributed by atoms with E-state index >= 15 is 0 Å². The SMILES string of the molecule is O=C(NCCC(c1ccccc1)c1ccccc1)c1ccccc1. The summed E-state index contributed by atoms with van der Waals surface area (Å²) < 4.78 is 0. The molecular formula is C22H21NO. The normalized spacial score (nSPS) is 10.5. The van der Waals surface area contributed by atoms with Gasteiger partial charge in [-0.1, -0.05) is 78.9 Å². The minimum Gasteiger partial charge on any atom is -0.352 e. The van der Waals surface area contributed by atoms with Crippen molar-refractivity contribution in [1.29, 1.82) is 0 Å². The second kappa shape index (κ2) is 8.11. The summed E-state index contributed by atoms with van der Waals surface area (Å²) in [5.41, 5.74) is 3.25. The van der Waals surface area contributed by atoms with E-state index in [1.54, 1.807) is 0 Å². The van der Waals surface area contributed by atoms with Gasteiger partial charge in [0.2, 0.25) is 0 Å². The Morgan fingerprint density at radius 1 is 0.708 bits per heavy atom. The maximum atomic E-state index is 12.2. The fourth-order valence-electron chi connectivity index (χ4n) is 2.92. The van der Waals surface area contributed by atoms with Gasteiger partial charge in [0.25, 0.3) is 5.91 Å². The van der Waals surface area contributed by atoms with Crippen LogP contribution in [0.2, 0.25) is 0 Å². The summed E-state index contributed by atoms with van der Waals surface area (Å²) in [6.07, 6.45) is 0.868. The molecule has 0 unspecified atom stereocenters. The molecule has 0 aliphatic rings. The predicted molar refractivity (Wildman–Crippen MR) is 98.1 cm³/mol. The molecule has 0 saturated heterocycles. The van der Waals surface area contributed by atoms with Gasteiger partial charge in [-0.3, -0.25) is 4.79 Å². The lowest BCUT2D eigenvalue weighted by Gasteiger charge is -2.18. The quantitative estimate of drug-likeness (QED) is 0.705. The first kappa shape index (κ1) is 16.0. The van der Waals surface area contributed by atoms with Crippen LogP contribution >= 0.6 is 0 Å². The standard InChI is InChI=1S/C22H21NO/c24-22(20-14-8-3-9-15-20)23-17-16-21(18-10-4-1-5-11-18)19-12-6-2-7-13-19/h1-15,21H,16-17H2,(H,23,24). The molecule has 2 nitrogen and oxygen atoms in total. The third kappa shape index (κ3) is 4.11. The minimum absolute atomic E-state index is 0.0181. The van der Waals surface area contributed by atoms with Crippen molar-refractivity contribution in [2.45, 2.75) is 12.3 Å². The Kier molecular flexibility index (Phi) is 5.41. The number of carbonyl (C=O) groups excluding carboxylic acids is 1. The molecule has 0 spiro atoms. The molecule has 0 aliphatic heterocycles. The molecule has 3 aromatic rings. The van der Waals surface area contributed by atoms with Crippen molar-refractivity contribution in [1.82, 2.24) is 5.32 Å². The largest absolute Gasteiger partial charge is 0.352 e. The molecule has 0 atom stereocenters. The topological polar surface area (TPSA) is 29.1 Å². The Bertz CT molecular complexity index is 714. The predicted octanol–water partition coefficient (Wildman–Crippen LogP) is 4.64. The monoisotopic (exact) mass is 315 g/mol. The van der Waals surface area contributed by atoms with Crippen molar-refractivity contribution >= 4 is 5.91 Å². The van der Waals surface area contributed by atoms with E-state index in [-0.39, 0.29) is 11.8 Å². The van der Waals surface area contributed by atoms with Crippen LogP contribution in [0.3, 0.4) is 0 Å². The van der Waals surface area contributed by atoms with Gasteiger partial charge in [0.1, 0.15) is 0 Å². The average molecular weight is 315 g/mol. The molecule has 0 heterocycles. The summed E-state index contributed by atoms with van der Waals surface area (Å²) in [5, 5.41) is 3.03. The molecule has 3 aromatic carbocycles. The molecule has 0 aliphatic carbocycles. The number of nitrogens with one attached hydrogen (secondary N) is 1. The smallest absolute Gasteiger partial charge is 0.251 e. The van der Waals surface area contributed by atoms with Gasteiger partial charge < -0.3 is 5.32 Å². The van der Waals surface area contributed by atoms with Crippen molar-refractivity contribution in [3.8, 4) is 0 Å². The molecule has 0 bridgehead atoms. The minimum atomic E-state index is -0.0181. The van der Waals surface area contributed by atoms with Gasteiger partial charge in [-0.05, 0) is 29.7 Å². The third-order valence-electron chi connectivity index (χ3n) is 4.16. The van der Waals surface area contributed by atoms with Gasteiger partial charge in [0, 0.05) is 18.0 Å². The van der Waals surface area contributed by atoms with Crippen LogP contribution in [0.15, 0.2) is 91.0 Å². The number of hydrogen-bond acceptors (Lipinski definition) is 1. The van der Waals surface area contributed by atoms with Gasteiger partial charge in [-0.25, -0.2) is 0 Å². The van der Waals surface area contributed by atoms with E-state index < -0.39 is 0 Å². The highest BCUT2D eigenvalue weighted by Gasteiger charge is 2.14. The first-order valence-electron chi connectivity index (χ1n) is 8.28. The fraction of sp³-hybridized carbons (Fsp3) is 0.136. The molecule has 0 aromatic heterocycles. The van der Waals surface area contributed by atoms with Gasteiger partial charge >= 0.3 is 0 Å². The Morgan fingerprint density at radius 2 is 1.17 bits per heavy atom. The van der Waals surface area contributed by atoms with Crippen molar-refractivity contribution in [2.24, 2.45) is 0 Å². The lowest BCUT2D eigenvalue weighted by molar-refractivity contribution is 0.0953. The van der Waals surface area contributed by atoms with Crippen LogP contribution in [0.4, 0.5) is 0 Å². The van der Waals surface area contributed by atoms with Crippen LogP contribution in [0.5, 0.6) is 0 Å². The van der Waals surface area contributed by atoms with Crippen LogP contribution < -0.4 is 5.32 Å². The zero-order valence-corrected chi connectivity index (χ0v) is 13.6. The van der Waals surface area contributed by atoms with Crippen molar-refractivity contribution in [3.05, 3.63) is 108 Å². The van der Waals surface area contributed by atoms with Crippen molar-refractivity contribution in [3.63, 3.8) is 0 Å². The summed E-state index contributed by atoms with van der Waals surface area (Å²) in [6, 6.07) is 30.3. The third-order valence-corrected chi connectivity index (χ3v) is 4.16. The van der Waals surface area contributed by atoms with Gasteiger partial charge in [-0.15, -0.1) is 0 Å². The molecule has 0 saturated carbocycles. The summed E-state index contributed by atoms with van der Waals surface area (Å²) in [5.74, 6) is 0.263. The second-order valence-electron chi connectivity index (χ2n) is 5.78. The Morgan fingerprint density at radius 3 is 1.67 bits per heavy atom. The van der Waals surface area contributed by atoms with Crippen molar-refractivity contribution < 1.29 is 4.79 Å². The summed E-state index contributed by atoms with van der Waals surface area (Å²) in [7, 11) is 0. The first-order valence-corrected chi connectivity index (χ1v) is 8.28. The molecular weight excluding hydrogens is 294 g/mol. The van der Waals surface area contributed by atoms with E-state index in [0.29, 0.717) is 12.1 Å². The molecule has 3 rings (SSSR count). The second-order valence-corrected chi connectivity index (χ2v) is 5.78. The lowest BCUT2D eigenvalue weighted by Crippen LogP contribution is -2.25.